The van der Waals surface area contributed by atoms with Crippen molar-refractivity contribution in [3.63, 3.8) is 0 Å². The van der Waals surface area contributed by atoms with Crippen LogP contribution < -0.4 is 4.90 Å². The second-order valence-electron chi connectivity index (χ2n) is 8.43. The first-order chi connectivity index (χ1) is 15.3. The Balaban J connectivity index is 1.46. The van der Waals surface area contributed by atoms with Gasteiger partial charge in [-0.2, -0.15) is 5.10 Å². The van der Waals surface area contributed by atoms with Crippen LogP contribution in [-0.2, 0) is 7.05 Å². The SMILES string of the molecule is C[C@@H]1CN(c2ccc3nc(-c4cc(F)c5nn(C)cc5c4)ncc3c2)C[C@H](C)N1C(=O)O. The van der Waals surface area contributed by atoms with Gasteiger partial charge < -0.3 is 10.0 Å². The molecule has 1 N–H and O–H groups in total. The summed E-state index contributed by atoms with van der Waals surface area (Å²) < 4.78 is 16.1. The van der Waals surface area contributed by atoms with Gasteiger partial charge in [0.05, 0.1) is 17.6 Å². The van der Waals surface area contributed by atoms with E-state index in [0.717, 1.165) is 16.6 Å². The molecule has 0 aliphatic carbocycles. The molecule has 9 heteroatoms. The van der Waals surface area contributed by atoms with E-state index in [-0.39, 0.29) is 12.1 Å². The van der Waals surface area contributed by atoms with Crippen LogP contribution in [0.3, 0.4) is 0 Å². The summed E-state index contributed by atoms with van der Waals surface area (Å²) in [5.41, 5.74) is 2.69. The molecule has 1 aliphatic heterocycles. The maximum absolute atomic E-state index is 14.5. The van der Waals surface area contributed by atoms with Gasteiger partial charge in [-0.1, -0.05) is 0 Å². The van der Waals surface area contributed by atoms with Crippen LogP contribution >= 0.6 is 0 Å². The molecule has 8 nitrogen and oxygen atoms in total. The number of amides is 1. The normalized spacial score (nSPS) is 19.1. The van der Waals surface area contributed by atoms with E-state index in [2.05, 4.69) is 20.0 Å². The van der Waals surface area contributed by atoms with Crippen LogP contribution in [-0.4, -0.2) is 61.0 Å². The largest absolute Gasteiger partial charge is 0.465 e. The number of carbonyl (C=O) groups is 1. The first-order valence-electron chi connectivity index (χ1n) is 10.5. The van der Waals surface area contributed by atoms with E-state index in [0.29, 0.717) is 35.4 Å². The fraction of sp³-hybridized carbons (Fsp3) is 0.304. The van der Waals surface area contributed by atoms with Gasteiger partial charge in [0.25, 0.3) is 0 Å². The van der Waals surface area contributed by atoms with Crippen LogP contribution in [0.2, 0.25) is 0 Å². The molecule has 1 amide bonds. The molecule has 3 heterocycles. The minimum absolute atomic E-state index is 0.108. The van der Waals surface area contributed by atoms with Gasteiger partial charge in [0.1, 0.15) is 5.52 Å². The van der Waals surface area contributed by atoms with Crippen LogP contribution in [0.25, 0.3) is 33.2 Å². The lowest BCUT2D eigenvalue weighted by molar-refractivity contribution is 0.0983. The molecule has 1 saturated heterocycles. The highest BCUT2D eigenvalue weighted by molar-refractivity contribution is 5.86. The van der Waals surface area contributed by atoms with Crippen LogP contribution in [0.1, 0.15) is 13.8 Å². The number of aryl methyl sites for hydroxylation is 1. The van der Waals surface area contributed by atoms with E-state index in [4.69, 9.17) is 0 Å². The molecule has 2 atom stereocenters. The Bertz CT molecular complexity index is 1340. The lowest BCUT2D eigenvalue weighted by Crippen LogP contribution is -2.58. The van der Waals surface area contributed by atoms with Crippen molar-refractivity contribution in [1.82, 2.24) is 24.6 Å². The van der Waals surface area contributed by atoms with Crippen molar-refractivity contribution in [2.75, 3.05) is 18.0 Å². The number of carboxylic acid groups (broad SMARTS) is 1. The van der Waals surface area contributed by atoms with E-state index in [1.807, 2.05) is 38.1 Å². The molecule has 0 spiro atoms. The number of halogens is 1. The van der Waals surface area contributed by atoms with Gasteiger partial charge in [0.15, 0.2) is 11.6 Å². The molecular weight excluding hydrogens is 411 g/mol. The van der Waals surface area contributed by atoms with Gasteiger partial charge in [0, 0.05) is 54.6 Å². The lowest BCUT2D eigenvalue weighted by atomic mass is 10.1. The summed E-state index contributed by atoms with van der Waals surface area (Å²) in [7, 11) is 1.76. The molecule has 164 valence electrons. The van der Waals surface area contributed by atoms with Crippen molar-refractivity contribution in [3.8, 4) is 11.4 Å². The van der Waals surface area contributed by atoms with Crippen molar-refractivity contribution in [1.29, 1.82) is 0 Å². The third-order valence-electron chi connectivity index (χ3n) is 6.00. The van der Waals surface area contributed by atoms with Crippen molar-refractivity contribution in [2.24, 2.45) is 7.05 Å². The highest BCUT2D eigenvalue weighted by Crippen LogP contribution is 2.28. The summed E-state index contributed by atoms with van der Waals surface area (Å²) in [4.78, 5) is 24.3. The molecule has 32 heavy (non-hydrogen) atoms. The smallest absolute Gasteiger partial charge is 0.407 e. The molecule has 1 aliphatic rings. The van der Waals surface area contributed by atoms with Crippen LogP contribution in [0.15, 0.2) is 42.7 Å². The number of piperazine rings is 1. The average Bonchev–Trinajstić information content (AvgIpc) is 3.13. The van der Waals surface area contributed by atoms with Gasteiger partial charge in [0.2, 0.25) is 0 Å². The summed E-state index contributed by atoms with van der Waals surface area (Å²) in [6.45, 7) is 5.08. The quantitative estimate of drug-likeness (QED) is 0.515. The maximum Gasteiger partial charge on any atom is 0.407 e. The Morgan fingerprint density at radius 3 is 2.59 bits per heavy atom. The number of rotatable bonds is 2. The summed E-state index contributed by atoms with van der Waals surface area (Å²) >= 11 is 0. The number of hydrogen-bond donors (Lipinski definition) is 1. The molecule has 0 unspecified atom stereocenters. The number of hydrogen-bond acceptors (Lipinski definition) is 5. The van der Waals surface area contributed by atoms with E-state index < -0.39 is 11.9 Å². The topological polar surface area (TPSA) is 87.4 Å². The minimum Gasteiger partial charge on any atom is -0.465 e. The van der Waals surface area contributed by atoms with Crippen LogP contribution in [0.4, 0.5) is 14.9 Å². The summed E-state index contributed by atoms with van der Waals surface area (Å²) in [5.74, 6) is 0.0492. The van der Waals surface area contributed by atoms with E-state index in [1.165, 1.54) is 11.0 Å². The molecular formula is C23H23FN6O2. The summed E-state index contributed by atoms with van der Waals surface area (Å²) in [5, 5.41) is 15.1. The standard InChI is InChI=1S/C23H23FN6O2/c1-13-10-29(11-14(2)30(13)23(31)32)18-4-5-20-16(7-18)9-25-22(26-20)15-6-17-12-28(3)27-21(17)19(24)8-15/h4-9,12-14H,10-11H2,1-3H3,(H,31,32)/t13-,14+. The predicted octanol–water partition coefficient (Wildman–Crippen LogP) is 3.90. The number of aromatic nitrogens is 4. The third-order valence-corrected chi connectivity index (χ3v) is 6.00. The average molecular weight is 434 g/mol. The number of nitrogens with zero attached hydrogens (tertiary/aromatic N) is 6. The van der Waals surface area contributed by atoms with E-state index >= 15 is 0 Å². The summed E-state index contributed by atoms with van der Waals surface area (Å²) in [6, 6.07) is 8.96. The Hall–Kier alpha value is -3.75. The van der Waals surface area contributed by atoms with Crippen molar-refractivity contribution >= 4 is 33.6 Å². The highest BCUT2D eigenvalue weighted by atomic mass is 19.1. The molecule has 0 saturated carbocycles. The Morgan fingerprint density at radius 2 is 1.88 bits per heavy atom. The predicted molar refractivity (Wildman–Crippen MR) is 120 cm³/mol. The van der Waals surface area contributed by atoms with Gasteiger partial charge in [-0.05, 0) is 44.2 Å². The summed E-state index contributed by atoms with van der Waals surface area (Å²) in [6.07, 6.45) is 2.62. The molecule has 5 rings (SSSR count). The van der Waals surface area contributed by atoms with Gasteiger partial charge in [-0.25, -0.2) is 19.2 Å². The first kappa shape index (κ1) is 20.2. The van der Waals surface area contributed by atoms with Crippen molar-refractivity contribution in [2.45, 2.75) is 25.9 Å². The van der Waals surface area contributed by atoms with Crippen LogP contribution in [0, 0.1) is 5.82 Å². The van der Waals surface area contributed by atoms with E-state index in [9.17, 15) is 14.3 Å². The van der Waals surface area contributed by atoms with Gasteiger partial charge in [-0.15, -0.1) is 0 Å². The minimum atomic E-state index is -0.884. The third kappa shape index (κ3) is 3.39. The number of anilines is 1. The fourth-order valence-corrected chi connectivity index (χ4v) is 4.61. The molecule has 2 aromatic heterocycles. The molecule has 0 bridgehead atoms. The second-order valence-corrected chi connectivity index (χ2v) is 8.43. The van der Waals surface area contributed by atoms with Gasteiger partial charge in [-0.3, -0.25) is 9.58 Å². The Kier molecular flexibility index (Phi) is 4.69. The zero-order valence-corrected chi connectivity index (χ0v) is 18.0. The Labute approximate surface area is 183 Å². The first-order valence-corrected chi connectivity index (χ1v) is 10.5. The molecule has 1 fully saturated rings. The van der Waals surface area contributed by atoms with Crippen molar-refractivity contribution < 1.29 is 14.3 Å². The zero-order chi connectivity index (χ0) is 22.6. The second kappa shape index (κ2) is 7.44. The zero-order valence-electron chi connectivity index (χ0n) is 18.0. The lowest BCUT2D eigenvalue weighted by Gasteiger charge is -2.43. The van der Waals surface area contributed by atoms with Crippen LogP contribution in [0.5, 0.6) is 0 Å². The van der Waals surface area contributed by atoms with Gasteiger partial charge >= 0.3 is 6.09 Å². The maximum atomic E-state index is 14.5. The monoisotopic (exact) mass is 434 g/mol. The van der Waals surface area contributed by atoms with Crippen molar-refractivity contribution in [3.05, 3.63) is 48.5 Å². The molecule has 4 aromatic rings. The number of fused-ring (bicyclic) bond motifs is 2. The molecule has 0 radical (unpaired) electrons. The van der Waals surface area contributed by atoms with E-state index in [1.54, 1.807) is 24.1 Å². The number of benzene rings is 2. The highest BCUT2D eigenvalue weighted by Gasteiger charge is 2.32. The fourth-order valence-electron chi connectivity index (χ4n) is 4.61. The Morgan fingerprint density at radius 1 is 1.12 bits per heavy atom. The molecule has 2 aromatic carbocycles.